The predicted octanol–water partition coefficient (Wildman–Crippen LogP) is 2.84. The molecule has 0 heterocycles. The van der Waals surface area contributed by atoms with Crippen LogP contribution in [0.25, 0.3) is 0 Å². The number of hydrogen-bond donors (Lipinski definition) is 0. The first-order chi connectivity index (χ1) is 8.88. The van der Waals surface area contributed by atoms with Gasteiger partial charge in [-0.15, -0.1) is 0 Å². The maximum Gasteiger partial charge on any atom is 0.123 e. The molecule has 0 N–H and O–H groups in total. The lowest BCUT2D eigenvalue weighted by Crippen LogP contribution is -2.15. The van der Waals surface area contributed by atoms with Crippen LogP contribution in [0.1, 0.15) is 25.0 Å². The summed E-state index contributed by atoms with van der Waals surface area (Å²) in [5.74, 6) is 1.57. The predicted molar refractivity (Wildman–Crippen MR) is 81.6 cm³/mol. The van der Waals surface area contributed by atoms with Crippen LogP contribution in [0.4, 0.5) is 0 Å². The van der Waals surface area contributed by atoms with Crippen molar-refractivity contribution in [2.45, 2.75) is 26.9 Å². The van der Waals surface area contributed by atoms with E-state index in [1.54, 1.807) is 0 Å². The van der Waals surface area contributed by atoms with Gasteiger partial charge in [-0.05, 0) is 51.8 Å². The van der Waals surface area contributed by atoms with Gasteiger partial charge < -0.3 is 14.5 Å². The molecule has 1 aromatic rings. The summed E-state index contributed by atoms with van der Waals surface area (Å²) in [5.41, 5.74) is 2.60. The standard InChI is InChI=1S/C16H28N2O/c1-13(2)12-19-16-8-7-14(10-17(3)4)9-15(16)11-18(5)6/h7-9,13H,10-12H2,1-6H3. The van der Waals surface area contributed by atoms with E-state index in [2.05, 4.69) is 70.0 Å². The first-order valence-corrected chi connectivity index (χ1v) is 6.92. The molecule has 3 nitrogen and oxygen atoms in total. The molecule has 0 saturated heterocycles. The molecule has 3 heteroatoms. The van der Waals surface area contributed by atoms with Gasteiger partial charge in [0.25, 0.3) is 0 Å². The van der Waals surface area contributed by atoms with Gasteiger partial charge in [0.2, 0.25) is 0 Å². The fourth-order valence-corrected chi connectivity index (χ4v) is 1.96. The molecule has 0 radical (unpaired) electrons. The normalized spacial score (nSPS) is 11.6. The highest BCUT2D eigenvalue weighted by atomic mass is 16.5. The molecule has 1 aromatic carbocycles. The van der Waals surface area contributed by atoms with Gasteiger partial charge in [0, 0.05) is 18.7 Å². The number of ether oxygens (including phenoxy) is 1. The summed E-state index contributed by atoms with van der Waals surface area (Å²) < 4.78 is 5.92. The summed E-state index contributed by atoms with van der Waals surface area (Å²) in [6.45, 7) is 6.99. The Hall–Kier alpha value is -1.06. The maximum absolute atomic E-state index is 5.92. The topological polar surface area (TPSA) is 15.7 Å². The van der Waals surface area contributed by atoms with Gasteiger partial charge in [0.15, 0.2) is 0 Å². The zero-order valence-electron chi connectivity index (χ0n) is 13.2. The van der Waals surface area contributed by atoms with Crippen LogP contribution < -0.4 is 4.74 Å². The minimum atomic E-state index is 0.550. The number of benzene rings is 1. The Morgan fingerprint density at radius 2 is 1.63 bits per heavy atom. The second-order valence-electron chi connectivity index (χ2n) is 6.12. The molecule has 0 saturated carbocycles. The Labute approximate surface area is 118 Å². The molecule has 0 atom stereocenters. The van der Waals surface area contributed by atoms with Crippen molar-refractivity contribution in [2.24, 2.45) is 5.92 Å². The summed E-state index contributed by atoms with van der Waals surface area (Å²) in [7, 11) is 8.36. The lowest BCUT2D eigenvalue weighted by molar-refractivity contribution is 0.264. The second kappa shape index (κ2) is 7.51. The molecular weight excluding hydrogens is 236 g/mol. The van der Waals surface area contributed by atoms with Gasteiger partial charge in [-0.3, -0.25) is 0 Å². The van der Waals surface area contributed by atoms with Crippen LogP contribution in [0, 0.1) is 5.92 Å². The number of rotatable bonds is 7. The summed E-state index contributed by atoms with van der Waals surface area (Å²) in [6.07, 6.45) is 0. The molecule has 0 amide bonds. The van der Waals surface area contributed by atoms with Crippen LogP contribution in [0.3, 0.4) is 0 Å². The SMILES string of the molecule is CC(C)COc1ccc(CN(C)C)cc1CN(C)C. The molecule has 0 spiro atoms. The van der Waals surface area contributed by atoms with Gasteiger partial charge >= 0.3 is 0 Å². The van der Waals surface area contributed by atoms with Crippen LogP contribution >= 0.6 is 0 Å². The molecule has 108 valence electrons. The molecule has 0 aliphatic rings. The summed E-state index contributed by atoms with van der Waals surface area (Å²) in [6, 6.07) is 6.53. The zero-order valence-corrected chi connectivity index (χ0v) is 13.2. The highest BCUT2D eigenvalue weighted by molar-refractivity contribution is 5.37. The highest BCUT2D eigenvalue weighted by Gasteiger charge is 2.08. The Kier molecular flexibility index (Phi) is 6.32. The molecule has 0 aliphatic heterocycles. The van der Waals surface area contributed by atoms with E-state index < -0.39 is 0 Å². The summed E-state index contributed by atoms with van der Waals surface area (Å²) in [5, 5.41) is 0. The molecule has 1 rings (SSSR count). The van der Waals surface area contributed by atoms with E-state index in [4.69, 9.17) is 4.74 Å². The molecule has 0 bridgehead atoms. The third-order valence-corrected chi connectivity index (χ3v) is 2.68. The number of nitrogens with zero attached hydrogens (tertiary/aromatic N) is 2. The van der Waals surface area contributed by atoms with Crippen LogP contribution in [0.2, 0.25) is 0 Å². The quantitative estimate of drug-likeness (QED) is 0.753. The van der Waals surface area contributed by atoms with Crippen LogP contribution in [-0.2, 0) is 13.1 Å². The first-order valence-electron chi connectivity index (χ1n) is 6.92. The van der Waals surface area contributed by atoms with Gasteiger partial charge in [-0.25, -0.2) is 0 Å². The van der Waals surface area contributed by atoms with E-state index in [1.165, 1.54) is 11.1 Å². The van der Waals surface area contributed by atoms with Crippen molar-refractivity contribution in [3.63, 3.8) is 0 Å². The minimum Gasteiger partial charge on any atom is -0.493 e. The van der Waals surface area contributed by atoms with Gasteiger partial charge in [0.05, 0.1) is 6.61 Å². The van der Waals surface area contributed by atoms with E-state index in [0.29, 0.717) is 5.92 Å². The van der Waals surface area contributed by atoms with Crippen LogP contribution in [0.5, 0.6) is 5.75 Å². The van der Waals surface area contributed by atoms with Crippen molar-refractivity contribution in [1.29, 1.82) is 0 Å². The molecule has 0 unspecified atom stereocenters. The van der Waals surface area contributed by atoms with E-state index in [0.717, 1.165) is 25.4 Å². The monoisotopic (exact) mass is 264 g/mol. The Morgan fingerprint density at radius 3 is 2.16 bits per heavy atom. The fraction of sp³-hybridized carbons (Fsp3) is 0.625. The van der Waals surface area contributed by atoms with Gasteiger partial charge in [-0.2, -0.15) is 0 Å². The van der Waals surface area contributed by atoms with E-state index in [1.807, 2.05) is 0 Å². The van der Waals surface area contributed by atoms with Crippen molar-refractivity contribution >= 4 is 0 Å². The second-order valence-corrected chi connectivity index (χ2v) is 6.12. The van der Waals surface area contributed by atoms with Crippen LogP contribution in [-0.4, -0.2) is 44.6 Å². The van der Waals surface area contributed by atoms with E-state index in [9.17, 15) is 0 Å². The lowest BCUT2D eigenvalue weighted by atomic mass is 10.1. The molecular formula is C16H28N2O. The average molecular weight is 264 g/mol. The first kappa shape index (κ1) is 16.0. The summed E-state index contributed by atoms with van der Waals surface area (Å²) >= 11 is 0. The maximum atomic E-state index is 5.92. The minimum absolute atomic E-state index is 0.550. The van der Waals surface area contributed by atoms with Crippen molar-refractivity contribution in [2.75, 3.05) is 34.8 Å². The smallest absolute Gasteiger partial charge is 0.123 e. The summed E-state index contributed by atoms with van der Waals surface area (Å²) in [4.78, 5) is 4.36. The van der Waals surface area contributed by atoms with Crippen LogP contribution in [0.15, 0.2) is 18.2 Å². The number of hydrogen-bond acceptors (Lipinski definition) is 3. The van der Waals surface area contributed by atoms with Crippen molar-refractivity contribution in [1.82, 2.24) is 9.80 Å². The van der Waals surface area contributed by atoms with Crippen molar-refractivity contribution in [3.8, 4) is 5.75 Å². The molecule has 19 heavy (non-hydrogen) atoms. The van der Waals surface area contributed by atoms with Gasteiger partial charge in [-0.1, -0.05) is 19.9 Å². The Balaban J connectivity index is 2.88. The highest BCUT2D eigenvalue weighted by Crippen LogP contribution is 2.22. The van der Waals surface area contributed by atoms with E-state index >= 15 is 0 Å². The average Bonchev–Trinajstić information content (AvgIpc) is 2.26. The third-order valence-electron chi connectivity index (χ3n) is 2.68. The third kappa shape index (κ3) is 6.08. The zero-order chi connectivity index (χ0) is 14.4. The van der Waals surface area contributed by atoms with Gasteiger partial charge in [0.1, 0.15) is 5.75 Å². The fourth-order valence-electron chi connectivity index (χ4n) is 1.96. The molecule has 0 aliphatic carbocycles. The van der Waals surface area contributed by atoms with Crippen molar-refractivity contribution < 1.29 is 4.74 Å². The Bertz CT molecular complexity index is 386. The molecule has 0 aromatic heterocycles. The van der Waals surface area contributed by atoms with Crippen molar-refractivity contribution in [3.05, 3.63) is 29.3 Å². The molecule has 0 fully saturated rings. The van der Waals surface area contributed by atoms with E-state index in [-0.39, 0.29) is 0 Å². The Morgan fingerprint density at radius 1 is 1.00 bits per heavy atom. The lowest BCUT2D eigenvalue weighted by Gasteiger charge is -2.18. The largest absolute Gasteiger partial charge is 0.493 e.